The minimum Gasteiger partial charge on any atom is -0.490 e. The highest BCUT2D eigenvalue weighted by Crippen LogP contribution is 2.38. The van der Waals surface area contributed by atoms with E-state index in [0.29, 0.717) is 13.2 Å². The number of ether oxygens (including phenoxy) is 2. The molecule has 1 amide bonds. The number of benzene rings is 2. The number of rotatable bonds is 6. The van der Waals surface area contributed by atoms with E-state index in [9.17, 15) is 4.79 Å². The van der Waals surface area contributed by atoms with Crippen LogP contribution in [0.25, 0.3) is 0 Å². The number of hydrogen-bond acceptors (Lipinski definition) is 4. The third-order valence-corrected chi connectivity index (χ3v) is 4.42. The summed E-state index contributed by atoms with van der Waals surface area (Å²) in [5.41, 5.74) is 4.47. The lowest BCUT2D eigenvalue weighted by molar-refractivity contribution is -0.114. The minimum atomic E-state index is -0.0660. The van der Waals surface area contributed by atoms with Gasteiger partial charge in [0.25, 0.3) is 0 Å². The van der Waals surface area contributed by atoms with Gasteiger partial charge in [0, 0.05) is 19.2 Å². The Morgan fingerprint density at radius 1 is 1.12 bits per heavy atom. The average molecular weight is 354 g/mol. The fourth-order valence-corrected chi connectivity index (χ4v) is 3.36. The minimum absolute atomic E-state index is 0.0660. The molecule has 0 aromatic heterocycles. The maximum atomic E-state index is 11.2. The molecule has 0 saturated carbocycles. The van der Waals surface area contributed by atoms with Gasteiger partial charge in [-0.15, -0.1) is 0 Å². The average Bonchev–Trinajstić information content (AvgIpc) is 2.62. The molecule has 0 saturated heterocycles. The summed E-state index contributed by atoms with van der Waals surface area (Å²) in [7, 11) is 0. The number of anilines is 1. The highest BCUT2D eigenvalue weighted by molar-refractivity contribution is 5.88. The molecular formula is C21H26N2O3. The predicted molar refractivity (Wildman–Crippen MR) is 103 cm³/mol. The number of carbonyl (C=O) groups excluding carboxylic acids is 1. The third-order valence-electron chi connectivity index (χ3n) is 4.42. The molecule has 0 fully saturated rings. The van der Waals surface area contributed by atoms with Crippen molar-refractivity contribution in [1.82, 2.24) is 5.32 Å². The predicted octanol–water partition coefficient (Wildman–Crippen LogP) is 3.68. The van der Waals surface area contributed by atoms with Gasteiger partial charge in [-0.25, -0.2) is 0 Å². The largest absolute Gasteiger partial charge is 0.490 e. The molecule has 1 atom stereocenters. The Hall–Kier alpha value is -2.53. The number of hydrogen-bond donors (Lipinski definition) is 2. The highest BCUT2D eigenvalue weighted by atomic mass is 16.5. The molecule has 1 heterocycles. The van der Waals surface area contributed by atoms with E-state index in [-0.39, 0.29) is 11.9 Å². The molecule has 2 N–H and O–H groups in total. The molecule has 0 radical (unpaired) electrons. The second-order valence-corrected chi connectivity index (χ2v) is 6.30. The zero-order valence-electron chi connectivity index (χ0n) is 15.6. The van der Waals surface area contributed by atoms with Crippen LogP contribution in [0.1, 0.15) is 43.5 Å². The summed E-state index contributed by atoms with van der Waals surface area (Å²) in [6.45, 7) is 7.60. The summed E-state index contributed by atoms with van der Waals surface area (Å²) in [5, 5.41) is 6.39. The van der Waals surface area contributed by atoms with Crippen LogP contribution in [0.5, 0.6) is 11.5 Å². The quantitative estimate of drug-likeness (QED) is 0.831. The van der Waals surface area contributed by atoms with E-state index in [1.165, 1.54) is 18.1 Å². The maximum absolute atomic E-state index is 11.2. The molecule has 2 aromatic carbocycles. The number of amides is 1. The molecule has 3 rings (SSSR count). The van der Waals surface area contributed by atoms with E-state index in [4.69, 9.17) is 9.47 Å². The first-order valence-corrected chi connectivity index (χ1v) is 9.15. The van der Waals surface area contributed by atoms with Gasteiger partial charge in [0.15, 0.2) is 11.5 Å². The van der Waals surface area contributed by atoms with Crippen LogP contribution in [0, 0.1) is 0 Å². The number of carbonyl (C=O) groups is 1. The van der Waals surface area contributed by atoms with Crippen LogP contribution in [-0.2, 0) is 11.2 Å². The Morgan fingerprint density at radius 2 is 1.77 bits per heavy atom. The Kier molecular flexibility index (Phi) is 5.78. The van der Waals surface area contributed by atoms with Crippen molar-refractivity contribution >= 4 is 11.6 Å². The van der Waals surface area contributed by atoms with Gasteiger partial charge >= 0.3 is 0 Å². The van der Waals surface area contributed by atoms with E-state index < -0.39 is 0 Å². The molecule has 138 valence electrons. The van der Waals surface area contributed by atoms with Crippen molar-refractivity contribution in [2.75, 3.05) is 25.1 Å². The van der Waals surface area contributed by atoms with Gasteiger partial charge < -0.3 is 20.1 Å². The first-order valence-electron chi connectivity index (χ1n) is 9.15. The molecule has 5 nitrogen and oxygen atoms in total. The van der Waals surface area contributed by atoms with Gasteiger partial charge in [-0.2, -0.15) is 0 Å². The summed E-state index contributed by atoms with van der Waals surface area (Å²) in [6, 6.07) is 12.3. The standard InChI is InChI=1S/C21H26N2O3/c1-4-25-19-12-16-10-11-22-21(18(16)13-20(19)26-5-2)15-6-8-17(9-7-15)23-14(3)24/h6-9,12-13,21-22H,4-5,10-11H2,1-3H3,(H,23,24)/t21-/m0/s1. The lowest BCUT2D eigenvalue weighted by atomic mass is 9.89. The van der Waals surface area contributed by atoms with Crippen molar-refractivity contribution in [2.45, 2.75) is 33.2 Å². The van der Waals surface area contributed by atoms with E-state index in [2.05, 4.69) is 34.9 Å². The van der Waals surface area contributed by atoms with Crippen molar-refractivity contribution < 1.29 is 14.3 Å². The molecule has 0 spiro atoms. The van der Waals surface area contributed by atoms with Crippen molar-refractivity contribution in [3.8, 4) is 11.5 Å². The van der Waals surface area contributed by atoms with Crippen LogP contribution in [0.15, 0.2) is 36.4 Å². The monoisotopic (exact) mass is 354 g/mol. The lowest BCUT2D eigenvalue weighted by Gasteiger charge is -2.29. The molecule has 0 bridgehead atoms. The Labute approximate surface area is 154 Å². The van der Waals surface area contributed by atoms with Crippen molar-refractivity contribution in [3.05, 3.63) is 53.1 Å². The highest BCUT2D eigenvalue weighted by Gasteiger charge is 2.24. The van der Waals surface area contributed by atoms with Gasteiger partial charge in [0.1, 0.15) is 0 Å². The first kappa shape index (κ1) is 18.3. The topological polar surface area (TPSA) is 59.6 Å². The third kappa shape index (κ3) is 3.99. The first-order chi connectivity index (χ1) is 12.6. The van der Waals surface area contributed by atoms with Crippen LogP contribution in [0.3, 0.4) is 0 Å². The fraction of sp³-hybridized carbons (Fsp3) is 0.381. The zero-order chi connectivity index (χ0) is 18.5. The van der Waals surface area contributed by atoms with Crippen LogP contribution in [0.2, 0.25) is 0 Å². The fourth-order valence-electron chi connectivity index (χ4n) is 3.36. The van der Waals surface area contributed by atoms with Crippen LogP contribution >= 0.6 is 0 Å². The maximum Gasteiger partial charge on any atom is 0.221 e. The van der Waals surface area contributed by atoms with Crippen molar-refractivity contribution in [3.63, 3.8) is 0 Å². The Morgan fingerprint density at radius 3 is 2.38 bits per heavy atom. The summed E-state index contributed by atoms with van der Waals surface area (Å²) in [6.07, 6.45) is 0.961. The van der Waals surface area contributed by atoms with Crippen LogP contribution in [-0.4, -0.2) is 25.7 Å². The Bertz CT molecular complexity index is 772. The van der Waals surface area contributed by atoms with Gasteiger partial charge in [0.2, 0.25) is 5.91 Å². The van der Waals surface area contributed by atoms with E-state index in [1.54, 1.807) is 0 Å². The van der Waals surface area contributed by atoms with Gasteiger partial charge in [-0.05, 0) is 61.2 Å². The van der Waals surface area contributed by atoms with Crippen LogP contribution < -0.4 is 20.1 Å². The Balaban J connectivity index is 1.94. The normalized spacial score (nSPS) is 15.9. The van der Waals surface area contributed by atoms with Crippen LogP contribution in [0.4, 0.5) is 5.69 Å². The van der Waals surface area contributed by atoms with E-state index in [1.807, 2.05) is 26.0 Å². The SMILES string of the molecule is CCOc1cc2c(cc1OCC)[C@H](c1ccc(NC(C)=O)cc1)NCC2. The summed E-state index contributed by atoms with van der Waals surface area (Å²) < 4.78 is 11.6. The lowest BCUT2D eigenvalue weighted by Crippen LogP contribution is -2.30. The second kappa shape index (κ2) is 8.23. The second-order valence-electron chi connectivity index (χ2n) is 6.30. The molecule has 1 aliphatic rings. The van der Waals surface area contributed by atoms with Gasteiger partial charge in [-0.3, -0.25) is 4.79 Å². The molecular weight excluding hydrogens is 328 g/mol. The molecule has 1 aliphatic heterocycles. The molecule has 2 aromatic rings. The molecule has 5 heteroatoms. The van der Waals surface area contributed by atoms with E-state index >= 15 is 0 Å². The number of fused-ring (bicyclic) bond motifs is 1. The summed E-state index contributed by atoms with van der Waals surface area (Å²) in [5.74, 6) is 1.54. The van der Waals surface area contributed by atoms with Gasteiger partial charge in [0.05, 0.1) is 19.3 Å². The zero-order valence-corrected chi connectivity index (χ0v) is 15.6. The van der Waals surface area contributed by atoms with E-state index in [0.717, 1.165) is 35.7 Å². The van der Waals surface area contributed by atoms with Gasteiger partial charge in [-0.1, -0.05) is 12.1 Å². The smallest absolute Gasteiger partial charge is 0.221 e. The number of nitrogens with one attached hydrogen (secondary N) is 2. The summed E-state index contributed by atoms with van der Waals surface area (Å²) >= 11 is 0. The summed E-state index contributed by atoms with van der Waals surface area (Å²) in [4.78, 5) is 11.2. The molecule has 26 heavy (non-hydrogen) atoms. The molecule has 0 aliphatic carbocycles. The molecule has 0 unspecified atom stereocenters. The van der Waals surface area contributed by atoms with Crippen molar-refractivity contribution in [2.24, 2.45) is 0 Å². The van der Waals surface area contributed by atoms with Crippen molar-refractivity contribution in [1.29, 1.82) is 0 Å².